The Balaban J connectivity index is 1.26. The highest BCUT2D eigenvalue weighted by atomic mass is 19.2. The summed E-state index contributed by atoms with van der Waals surface area (Å²) >= 11 is 0. The van der Waals surface area contributed by atoms with Crippen LogP contribution in [0.4, 0.5) is 29.9 Å². The van der Waals surface area contributed by atoms with Crippen LogP contribution < -0.4 is 15.1 Å². The van der Waals surface area contributed by atoms with Gasteiger partial charge in [-0.25, -0.2) is 27.9 Å². The molecule has 242 valence electrons. The predicted molar refractivity (Wildman–Crippen MR) is 157 cm³/mol. The van der Waals surface area contributed by atoms with Crippen LogP contribution in [0.25, 0.3) is 0 Å². The third-order valence-electron chi connectivity index (χ3n) is 8.01. The quantitative estimate of drug-likeness (QED) is 0.381. The number of alkyl carbamates (subject to hydrolysis) is 1. The van der Waals surface area contributed by atoms with Crippen LogP contribution in [0.2, 0.25) is 0 Å². The zero-order chi connectivity index (χ0) is 32.5. The summed E-state index contributed by atoms with van der Waals surface area (Å²) in [6.07, 6.45) is 4.22. The molecule has 3 aromatic rings. The van der Waals surface area contributed by atoms with E-state index in [2.05, 4.69) is 25.4 Å². The molecular weight excluding hydrogens is 593 g/mol. The van der Waals surface area contributed by atoms with E-state index in [4.69, 9.17) is 9.26 Å². The number of nitrogens with one attached hydrogen (secondary N) is 1. The molecule has 2 saturated heterocycles. The number of anilines is 2. The van der Waals surface area contributed by atoms with E-state index in [1.54, 1.807) is 37.6 Å². The Kier molecular flexibility index (Phi) is 9.16. The summed E-state index contributed by atoms with van der Waals surface area (Å²) in [6.45, 7) is 8.62. The molecule has 0 radical (unpaired) electrons. The van der Waals surface area contributed by atoms with Crippen LogP contribution in [0.15, 0.2) is 29.0 Å². The van der Waals surface area contributed by atoms with Crippen LogP contribution in [-0.4, -0.2) is 87.9 Å². The molecule has 0 spiro atoms. The first-order chi connectivity index (χ1) is 21.3. The Morgan fingerprint density at radius 3 is 2.33 bits per heavy atom. The van der Waals surface area contributed by atoms with Gasteiger partial charge in [-0.1, -0.05) is 12.1 Å². The zero-order valence-corrected chi connectivity index (χ0v) is 25.9. The van der Waals surface area contributed by atoms with Gasteiger partial charge in [-0.3, -0.25) is 4.79 Å². The van der Waals surface area contributed by atoms with Gasteiger partial charge in [-0.15, -0.1) is 0 Å². The molecule has 0 aliphatic carbocycles. The van der Waals surface area contributed by atoms with E-state index in [0.29, 0.717) is 55.8 Å². The maximum atomic E-state index is 14.8. The first kappa shape index (κ1) is 32.0. The van der Waals surface area contributed by atoms with Crippen molar-refractivity contribution in [1.82, 2.24) is 30.3 Å². The average molecular weight is 631 g/mol. The van der Waals surface area contributed by atoms with Gasteiger partial charge in [0.2, 0.25) is 5.95 Å². The third kappa shape index (κ3) is 7.28. The minimum Gasteiger partial charge on any atom is -0.444 e. The lowest BCUT2D eigenvalue weighted by molar-refractivity contribution is 0.0504. The highest BCUT2D eigenvalue weighted by Gasteiger charge is 2.39. The molecule has 2 aliphatic heterocycles. The number of hydrogen-bond acceptors (Lipinski definition) is 10. The lowest BCUT2D eigenvalue weighted by Crippen LogP contribution is -2.45. The number of rotatable bonds is 7. The summed E-state index contributed by atoms with van der Waals surface area (Å²) in [5.41, 5.74) is -0.589. The van der Waals surface area contributed by atoms with Crippen molar-refractivity contribution in [3.8, 4) is 0 Å². The molecule has 1 aromatic carbocycles. The van der Waals surface area contributed by atoms with Gasteiger partial charge < -0.3 is 29.3 Å². The number of aromatic nitrogens is 4. The van der Waals surface area contributed by atoms with Gasteiger partial charge in [0.25, 0.3) is 5.91 Å². The van der Waals surface area contributed by atoms with Crippen LogP contribution in [-0.2, 0) is 11.2 Å². The average Bonchev–Trinajstić information content (AvgIpc) is 3.65. The van der Waals surface area contributed by atoms with Crippen molar-refractivity contribution >= 4 is 24.0 Å². The van der Waals surface area contributed by atoms with Gasteiger partial charge in [-0.05, 0) is 45.2 Å². The maximum Gasteiger partial charge on any atom is 0.407 e. The second kappa shape index (κ2) is 12.9. The van der Waals surface area contributed by atoms with Gasteiger partial charge in [0.15, 0.2) is 17.5 Å². The molecule has 2 fully saturated rings. The number of piperidine rings is 1. The molecule has 0 saturated carbocycles. The molecule has 45 heavy (non-hydrogen) atoms. The summed E-state index contributed by atoms with van der Waals surface area (Å²) in [5, 5.41) is 6.67. The number of halogens is 3. The number of amides is 2. The second-order valence-corrected chi connectivity index (χ2v) is 12.3. The van der Waals surface area contributed by atoms with Crippen molar-refractivity contribution in [1.29, 1.82) is 0 Å². The minimum absolute atomic E-state index is 0.00739. The van der Waals surface area contributed by atoms with E-state index in [1.807, 2.05) is 11.8 Å². The Morgan fingerprint density at radius 1 is 1.04 bits per heavy atom. The lowest BCUT2D eigenvalue weighted by Gasteiger charge is -2.35. The molecule has 2 atom stereocenters. The SMILES string of the molecule is CCc1noc(N2CCC(N(C)C(=O)c3cnc(N4C[C@H](NC(=O)OC(C)(C)C)[C@@H](c5cc(F)c(F)cc5F)C4)nc3)CC2)n1. The Hall–Kier alpha value is -4.43. The Labute approximate surface area is 258 Å². The fourth-order valence-electron chi connectivity index (χ4n) is 5.64. The summed E-state index contributed by atoms with van der Waals surface area (Å²) in [6, 6.07) is 1.04. The molecule has 2 aromatic heterocycles. The first-order valence-corrected chi connectivity index (χ1v) is 14.9. The van der Waals surface area contributed by atoms with Crippen LogP contribution in [0.1, 0.15) is 68.2 Å². The third-order valence-corrected chi connectivity index (χ3v) is 8.01. The zero-order valence-electron chi connectivity index (χ0n) is 25.9. The summed E-state index contributed by atoms with van der Waals surface area (Å²) in [7, 11) is 1.74. The first-order valence-electron chi connectivity index (χ1n) is 14.9. The smallest absolute Gasteiger partial charge is 0.407 e. The van der Waals surface area contributed by atoms with E-state index >= 15 is 0 Å². The van der Waals surface area contributed by atoms with E-state index in [9.17, 15) is 22.8 Å². The molecule has 2 amide bonds. The largest absolute Gasteiger partial charge is 0.444 e. The fraction of sp³-hybridized carbons (Fsp3) is 0.533. The molecule has 2 aliphatic rings. The molecule has 15 heteroatoms. The minimum atomic E-state index is -1.31. The fourth-order valence-corrected chi connectivity index (χ4v) is 5.64. The van der Waals surface area contributed by atoms with Crippen LogP contribution >= 0.6 is 0 Å². The van der Waals surface area contributed by atoms with Crippen molar-refractivity contribution in [2.24, 2.45) is 0 Å². The molecule has 5 rings (SSSR count). The number of nitrogens with zero attached hydrogens (tertiary/aromatic N) is 7. The van der Waals surface area contributed by atoms with Crippen LogP contribution in [0.5, 0.6) is 0 Å². The number of hydrogen-bond donors (Lipinski definition) is 1. The number of carbonyl (C=O) groups excluding carboxylic acids is 2. The van der Waals surface area contributed by atoms with Crippen LogP contribution in [0.3, 0.4) is 0 Å². The summed E-state index contributed by atoms with van der Waals surface area (Å²) in [4.78, 5) is 44.4. The summed E-state index contributed by atoms with van der Waals surface area (Å²) in [5.74, 6) is -3.56. The topological polar surface area (TPSA) is 130 Å². The normalized spacial score (nSPS) is 19.1. The van der Waals surface area contributed by atoms with Crippen LogP contribution in [0, 0.1) is 17.5 Å². The number of carbonyl (C=O) groups is 2. The Bertz CT molecular complexity index is 1520. The molecule has 0 bridgehead atoms. The van der Waals surface area contributed by atoms with E-state index in [0.717, 1.165) is 6.07 Å². The number of ether oxygens (including phenoxy) is 1. The van der Waals surface area contributed by atoms with Crippen molar-refractivity contribution in [3.63, 3.8) is 0 Å². The van der Waals surface area contributed by atoms with Gasteiger partial charge in [-0.2, -0.15) is 4.98 Å². The van der Waals surface area contributed by atoms with Crippen molar-refractivity contribution in [3.05, 3.63) is 58.9 Å². The number of aryl methyl sites for hydroxylation is 1. The Morgan fingerprint density at radius 2 is 1.71 bits per heavy atom. The standard InChI is InChI=1S/C30H37F3N8O4/c1-6-25-37-28(45-38-25)40-9-7-18(8-10-40)39(5)26(42)17-13-34-27(35-14-17)41-15-20(19-11-22(32)23(33)12-21(19)31)24(16-41)36-29(43)44-30(2,3)4/h11-14,18,20,24H,6-10,15-16H2,1-5H3,(H,36,43)/t20-,24+/m1/s1. The molecule has 0 unspecified atom stereocenters. The van der Waals surface area contributed by atoms with Crippen molar-refractivity contribution < 1.29 is 32.0 Å². The highest BCUT2D eigenvalue weighted by Crippen LogP contribution is 2.33. The van der Waals surface area contributed by atoms with Gasteiger partial charge in [0.1, 0.15) is 11.4 Å². The molecule has 4 heterocycles. The van der Waals surface area contributed by atoms with Crippen molar-refractivity contribution in [2.45, 2.75) is 70.6 Å². The molecular formula is C30H37F3N8O4. The van der Waals surface area contributed by atoms with Gasteiger partial charge in [0.05, 0.1) is 11.6 Å². The van der Waals surface area contributed by atoms with Crippen molar-refractivity contribution in [2.75, 3.05) is 43.0 Å². The second-order valence-electron chi connectivity index (χ2n) is 12.3. The molecule has 12 nitrogen and oxygen atoms in total. The lowest BCUT2D eigenvalue weighted by atomic mass is 9.93. The van der Waals surface area contributed by atoms with E-state index in [1.165, 1.54) is 12.4 Å². The van der Waals surface area contributed by atoms with Gasteiger partial charge >= 0.3 is 12.1 Å². The maximum absolute atomic E-state index is 14.8. The highest BCUT2D eigenvalue weighted by molar-refractivity contribution is 5.93. The van der Waals surface area contributed by atoms with E-state index < -0.39 is 41.1 Å². The summed E-state index contributed by atoms with van der Waals surface area (Å²) < 4.78 is 53.4. The molecule has 1 N–H and O–H groups in total. The van der Waals surface area contributed by atoms with E-state index in [-0.39, 0.29) is 36.6 Å². The monoisotopic (exact) mass is 630 g/mol. The number of benzene rings is 1. The predicted octanol–water partition coefficient (Wildman–Crippen LogP) is 4.08. The van der Waals surface area contributed by atoms with Gasteiger partial charge in [0, 0.05) is 70.1 Å².